The molecule has 0 radical (unpaired) electrons. The molecule has 1 aliphatic rings. The SMILES string of the molecule is CCn1c2c(c3ccccc31)C(=O)c1c(C)ccnc1C2=O. The van der Waals surface area contributed by atoms with Gasteiger partial charge in [-0.05, 0) is 31.5 Å². The number of carbonyl (C=O) groups excluding carboxylic acids is 2. The van der Waals surface area contributed by atoms with Crippen molar-refractivity contribution >= 4 is 22.5 Å². The minimum atomic E-state index is -0.161. The molecule has 1 aromatic carbocycles. The average Bonchev–Trinajstić information content (AvgIpc) is 2.87. The van der Waals surface area contributed by atoms with Gasteiger partial charge < -0.3 is 4.57 Å². The fraction of sp³-hybridized carbons (Fsp3) is 0.167. The number of benzene rings is 1. The molecule has 0 unspecified atom stereocenters. The van der Waals surface area contributed by atoms with Crippen LogP contribution in [0.15, 0.2) is 36.5 Å². The van der Waals surface area contributed by atoms with Crippen LogP contribution in [-0.4, -0.2) is 21.1 Å². The van der Waals surface area contributed by atoms with Gasteiger partial charge in [0.15, 0.2) is 5.78 Å². The van der Waals surface area contributed by atoms with Crippen molar-refractivity contribution < 1.29 is 9.59 Å². The van der Waals surface area contributed by atoms with Crippen molar-refractivity contribution in [1.82, 2.24) is 9.55 Å². The first-order valence-electron chi connectivity index (χ1n) is 7.31. The number of ketones is 2. The summed E-state index contributed by atoms with van der Waals surface area (Å²) in [5, 5.41) is 0.839. The minimum Gasteiger partial charge on any atom is -0.337 e. The summed E-state index contributed by atoms with van der Waals surface area (Å²) in [7, 11) is 0. The quantitative estimate of drug-likeness (QED) is 0.541. The highest BCUT2D eigenvalue weighted by Crippen LogP contribution is 2.35. The number of para-hydroxylation sites is 1. The molecule has 0 aliphatic heterocycles. The van der Waals surface area contributed by atoms with Crippen molar-refractivity contribution in [3.05, 3.63) is 64.6 Å². The Morgan fingerprint density at radius 2 is 1.82 bits per heavy atom. The van der Waals surface area contributed by atoms with Crippen molar-refractivity contribution in [1.29, 1.82) is 0 Å². The lowest BCUT2D eigenvalue weighted by atomic mass is 9.87. The molecule has 0 fully saturated rings. The maximum absolute atomic E-state index is 13.0. The van der Waals surface area contributed by atoms with Gasteiger partial charge in [0.25, 0.3) is 0 Å². The first-order valence-corrected chi connectivity index (χ1v) is 7.31. The van der Waals surface area contributed by atoms with Crippen LogP contribution in [0.25, 0.3) is 10.9 Å². The summed E-state index contributed by atoms with van der Waals surface area (Å²) in [6.45, 7) is 4.45. The molecule has 0 saturated heterocycles. The highest BCUT2D eigenvalue weighted by molar-refractivity contribution is 6.32. The van der Waals surface area contributed by atoms with E-state index >= 15 is 0 Å². The zero-order valence-corrected chi connectivity index (χ0v) is 12.4. The third-order valence-corrected chi connectivity index (χ3v) is 4.33. The Bertz CT molecular complexity index is 967. The average molecular weight is 290 g/mol. The fourth-order valence-electron chi connectivity index (χ4n) is 3.35. The van der Waals surface area contributed by atoms with E-state index in [1.807, 2.05) is 42.7 Å². The molecule has 0 bridgehead atoms. The van der Waals surface area contributed by atoms with Gasteiger partial charge in [0.05, 0.1) is 11.1 Å². The normalized spacial score (nSPS) is 13.4. The summed E-state index contributed by atoms with van der Waals surface area (Å²) in [4.78, 5) is 30.1. The van der Waals surface area contributed by atoms with Crippen molar-refractivity contribution in [3.63, 3.8) is 0 Å². The fourth-order valence-corrected chi connectivity index (χ4v) is 3.35. The van der Waals surface area contributed by atoms with E-state index in [0.717, 1.165) is 16.5 Å². The van der Waals surface area contributed by atoms with E-state index in [4.69, 9.17) is 0 Å². The summed E-state index contributed by atoms with van der Waals surface area (Å²) >= 11 is 0. The van der Waals surface area contributed by atoms with E-state index < -0.39 is 0 Å². The van der Waals surface area contributed by atoms with E-state index in [-0.39, 0.29) is 17.3 Å². The van der Waals surface area contributed by atoms with Crippen molar-refractivity contribution in [2.45, 2.75) is 20.4 Å². The predicted octanol–water partition coefficient (Wildman–Crippen LogP) is 3.14. The highest BCUT2D eigenvalue weighted by atomic mass is 16.1. The second-order valence-electron chi connectivity index (χ2n) is 5.49. The number of aryl methyl sites for hydroxylation is 2. The van der Waals surface area contributed by atoms with Gasteiger partial charge >= 0.3 is 0 Å². The molecular weight excluding hydrogens is 276 g/mol. The van der Waals surface area contributed by atoms with Crippen LogP contribution in [-0.2, 0) is 6.54 Å². The van der Waals surface area contributed by atoms with Crippen LogP contribution >= 0.6 is 0 Å². The van der Waals surface area contributed by atoms with Crippen LogP contribution in [0.2, 0.25) is 0 Å². The third kappa shape index (κ3) is 1.44. The van der Waals surface area contributed by atoms with Crippen molar-refractivity contribution in [3.8, 4) is 0 Å². The summed E-state index contributed by atoms with van der Waals surface area (Å²) in [5.41, 5.74) is 3.42. The van der Waals surface area contributed by atoms with Crippen LogP contribution in [0.1, 0.15) is 44.6 Å². The van der Waals surface area contributed by atoms with Gasteiger partial charge in [0, 0.05) is 23.6 Å². The van der Waals surface area contributed by atoms with Crippen LogP contribution in [0, 0.1) is 6.92 Å². The van der Waals surface area contributed by atoms with Crippen LogP contribution in [0.5, 0.6) is 0 Å². The predicted molar refractivity (Wildman–Crippen MR) is 83.5 cm³/mol. The van der Waals surface area contributed by atoms with E-state index in [9.17, 15) is 9.59 Å². The van der Waals surface area contributed by atoms with Gasteiger partial charge in [-0.3, -0.25) is 14.6 Å². The number of hydrogen-bond acceptors (Lipinski definition) is 3. The lowest BCUT2D eigenvalue weighted by Crippen LogP contribution is -2.25. The molecule has 0 N–H and O–H groups in total. The minimum absolute atomic E-state index is 0.0985. The Labute approximate surface area is 127 Å². The lowest BCUT2D eigenvalue weighted by Gasteiger charge is -2.17. The molecule has 4 heteroatoms. The number of rotatable bonds is 1. The van der Waals surface area contributed by atoms with Gasteiger partial charge in [-0.25, -0.2) is 0 Å². The Morgan fingerprint density at radius 1 is 1.05 bits per heavy atom. The highest BCUT2D eigenvalue weighted by Gasteiger charge is 2.36. The van der Waals surface area contributed by atoms with E-state index in [1.54, 1.807) is 12.3 Å². The summed E-state index contributed by atoms with van der Waals surface area (Å²) in [6, 6.07) is 9.44. The Kier molecular flexibility index (Phi) is 2.57. The number of hydrogen-bond donors (Lipinski definition) is 0. The molecule has 0 amide bonds. The molecule has 0 atom stereocenters. The first kappa shape index (κ1) is 13.0. The van der Waals surface area contributed by atoms with Crippen LogP contribution < -0.4 is 0 Å². The molecule has 1 aliphatic carbocycles. The smallest absolute Gasteiger partial charge is 0.229 e. The molecule has 2 aromatic heterocycles. The van der Waals surface area contributed by atoms with E-state index in [2.05, 4.69) is 4.98 Å². The topological polar surface area (TPSA) is 52.0 Å². The zero-order chi connectivity index (χ0) is 15.4. The molecular formula is C18H14N2O2. The van der Waals surface area contributed by atoms with Gasteiger partial charge in [-0.2, -0.15) is 0 Å². The maximum Gasteiger partial charge on any atom is 0.229 e. The van der Waals surface area contributed by atoms with Crippen LogP contribution in [0.4, 0.5) is 0 Å². The Hall–Kier alpha value is -2.75. The van der Waals surface area contributed by atoms with Gasteiger partial charge in [0.1, 0.15) is 11.4 Å². The lowest BCUT2D eigenvalue weighted by molar-refractivity contribution is 0.0970. The monoisotopic (exact) mass is 290 g/mol. The second kappa shape index (κ2) is 4.37. The standard InChI is InChI=1S/C18H14N2O2/c1-3-20-12-7-5-4-6-11(12)14-16(20)18(22)15-13(17(14)21)10(2)8-9-19-15/h4-9H,3H2,1-2H3. The maximum atomic E-state index is 13.0. The number of nitrogens with zero attached hydrogens (tertiary/aromatic N) is 2. The molecule has 108 valence electrons. The Balaban J connectivity index is 2.18. The molecule has 0 spiro atoms. The molecule has 4 rings (SSSR count). The molecule has 0 saturated carbocycles. The summed E-state index contributed by atoms with van der Waals surface area (Å²) in [6.07, 6.45) is 1.59. The summed E-state index contributed by atoms with van der Waals surface area (Å²) < 4.78 is 1.91. The molecule has 4 nitrogen and oxygen atoms in total. The molecule has 3 aromatic rings. The number of aromatic nitrogens is 2. The number of fused-ring (bicyclic) bond motifs is 4. The summed E-state index contributed by atoms with van der Waals surface area (Å²) in [5.74, 6) is -0.259. The van der Waals surface area contributed by atoms with Gasteiger partial charge in [-0.15, -0.1) is 0 Å². The van der Waals surface area contributed by atoms with Gasteiger partial charge in [0.2, 0.25) is 5.78 Å². The zero-order valence-electron chi connectivity index (χ0n) is 12.4. The van der Waals surface area contributed by atoms with E-state index in [0.29, 0.717) is 23.4 Å². The Morgan fingerprint density at radius 3 is 2.59 bits per heavy atom. The van der Waals surface area contributed by atoms with Crippen molar-refractivity contribution in [2.75, 3.05) is 0 Å². The second-order valence-corrected chi connectivity index (χ2v) is 5.49. The largest absolute Gasteiger partial charge is 0.337 e. The molecule has 2 heterocycles. The van der Waals surface area contributed by atoms with Crippen molar-refractivity contribution in [2.24, 2.45) is 0 Å². The van der Waals surface area contributed by atoms with Crippen LogP contribution in [0.3, 0.4) is 0 Å². The third-order valence-electron chi connectivity index (χ3n) is 4.33. The number of carbonyl (C=O) groups is 2. The number of pyridine rings is 1. The molecule has 22 heavy (non-hydrogen) atoms. The van der Waals surface area contributed by atoms with E-state index in [1.165, 1.54) is 0 Å². The van der Waals surface area contributed by atoms with Gasteiger partial charge in [-0.1, -0.05) is 18.2 Å². The first-order chi connectivity index (χ1) is 10.6.